The van der Waals surface area contributed by atoms with Crippen molar-refractivity contribution in [2.45, 2.75) is 59.3 Å². The number of nitrogens with one attached hydrogen (secondary N) is 5. The summed E-state index contributed by atoms with van der Waals surface area (Å²) < 4.78 is 11.4. The SMILES string of the molecule is C/C(=C\c1ccc(C#N)cc1)C(=O)Nc1ccc(C(=O)N[C@@H](CC(N)=O)C(=O)Nc2ccc(C(=O)Nc3ccc(C(=O)Nc4ccc(C(=O)O)c(O)c4OC(C)C)c(O)c3OC(C)C)cc2)cc1. The molecule has 19 heteroatoms. The fourth-order valence-corrected chi connectivity index (χ4v) is 6.28. The number of nitrogens with two attached hydrogens (primary N) is 1. The molecule has 0 aliphatic rings. The molecule has 6 amide bonds. The summed E-state index contributed by atoms with van der Waals surface area (Å²) >= 11 is 0. The second kappa shape index (κ2) is 22.1. The lowest BCUT2D eigenvalue weighted by Gasteiger charge is -2.20. The van der Waals surface area contributed by atoms with Gasteiger partial charge in [-0.05, 0) is 131 Å². The van der Waals surface area contributed by atoms with Crippen LogP contribution in [0, 0.1) is 11.3 Å². The van der Waals surface area contributed by atoms with Gasteiger partial charge in [-0.2, -0.15) is 5.26 Å². The van der Waals surface area contributed by atoms with Gasteiger partial charge in [-0.25, -0.2) is 4.79 Å². The van der Waals surface area contributed by atoms with Crippen LogP contribution in [-0.4, -0.2) is 75.0 Å². The van der Waals surface area contributed by atoms with Crippen LogP contribution in [0.5, 0.6) is 23.0 Å². The predicted octanol–water partition coefficient (Wildman–Crippen LogP) is 6.40. The number of amides is 6. The van der Waals surface area contributed by atoms with Crippen molar-refractivity contribution in [1.29, 1.82) is 5.26 Å². The second-order valence-electron chi connectivity index (χ2n) is 15.6. The number of aromatic hydroxyl groups is 2. The van der Waals surface area contributed by atoms with Gasteiger partial charge in [0.25, 0.3) is 23.6 Å². The number of rotatable bonds is 18. The summed E-state index contributed by atoms with van der Waals surface area (Å²) in [5.41, 5.74) is 6.88. The average molecular weight is 926 g/mol. The van der Waals surface area contributed by atoms with Crippen LogP contribution in [0.15, 0.2) is 103 Å². The number of phenols is 2. The largest absolute Gasteiger partial charge is 0.504 e. The molecule has 0 aliphatic carbocycles. The lowest BCUT2D eigenvalue weighted by atomic mass is 10.1. The summed E-state index contributed by atoms with van der Waals surface area (Å²) in [6.07, 6.45) is 0.0241. The molecule has 0 aromatic heterocycles. The van der Waals surface area contributed by atoms with Crippen LogP contribution < -0.4 is 41.8 Å². The second-order valence-corrected chi connectivity index (χ2v) is 15.6. The van der Waals surface area contributed by atoms with Gasteiger partial charge in [0, 0.05) is 28.1 Å². The van der Waals surface area contributed by atoms with Crippen LogP contribution in [0.3, 0.4) is 0 Å². The quantitative estimate of drug-likeness (QED) is 0.0430. The standard InChI is InChI=1S/C49H47N7O12/c1-25(2)67-42-36(20-18-34(40(42)58)47(63)55-37-21-19-35(49(65)66)41(59)43(37)68-26(3)4)54-45(61)30-12-16-33(17-13-30)53-48(64)38(23-39(51)57)56-46(62)31-10-14-32(15-11-31)52-44(60)27(5)22-28-6-8-29(24-50)9-7-28/h6-22,25-26,38,58-59H,23H2,1-5H3,(H2,51,57)(H,52,60)(H,53,64)(H,54,61)(H,55,63)(H,56,62)(H,65,66)/b27-22+/t38-/m0/s1. The van der Waals surface area contributed by atoms with Crippen LogP contribution in [0.4, 0.5) is 22.7 Å². The van der Waals surface area contributed by atoms with Crippen LogP contribution in [0.25, 0.3) is 6.08 Å². The number of ether oxygens (including phenoxy) is 2. The fraction of sp³-hybridized carbons (Fsp3) is 0.184. The molecule has 1 atom stereocenters. The molecule has 0 fully saturated rings. The number of carbonyl (C=O) groups excluding carboxylic acids is 6. The zero-order valence-electron chi connectivity index (χ0n) is 37.3. The molecule has 5 rings (SSSR count). The highest BCUT2D eigenvalue weighted by molar-refractivity contribution is 6.11. The minimum absolute atomic E-state index is 0.0183. The number of carboxylic acid groups (broad SMARTS) is 1. The molecule has 10 N–H and O–H groups in total. The van der Waals surface area contributed by atoms with Crippen molar-refractivity contribution in [1.82, 2.24) is 5.32 Å². The number of carboxylic acids is 1. The van der Waals surface area contributed by atoms with Crippen LogP contribution in [0.2, 0.25) is 0 Å². The van der Waals surface area contributed by atoms with E-state index in [4.69, 9.17) is 20.5 Å². The van der Waals surface area contributed by atoms with Crippen LogP contribution >= 0.6 is 0 Å². The highest BCUT2D eigenvalue weighted by Gasteiger charge is 2.27. The Kier molecular flexibility index (Phi) is 16.2. The van der Waals surface area contributed by atoms with Crippen LogP contribution in [0.1, 0.15) is 93.6 Å². The van der Waals surface area contributed by atoms with Crippen molar-refractivity contribution in [3.05, 3.63) is 136 Å². The molecule has 19 nitrogen and oxygen atoms in total. The zero-order chi connectivity index (χ0) is 49.8. The van der Waals surface area contributed by atoms with Gasteiger partial charge in [-0.3, -0.25) is 28.8 Å². The number of benzene rings is 5. The van der Waals surface area contributed by atoms with E-state index in [1.807, 2.05) is 6.07 Å². The summed E-state index contributed by atoms with van der Waals surface area (Å²) in [7, 11) is 0. The highest BCUT2D eigenvalue weighted by atomic mass is 16.5. The summed E-state index contributed by atoms with van der Waals surface area (Å²) in [5.74, 6) is -7.71. The lowest BCUT2D eigenvalue weighted by Crippen LogP contribution is -2.46. The van der Waals surface area contributed by atoms with Gasteiger partial charge < -0.3 is 57.1 Å². The number of primary amides is 1. The van der Waals surface area contributed by atoms with Gasteiger partial charge in [0.1, 0.15) is 11.6 Å². The number of phenolic OH excluding ortho intramolecular Hbond substituents is 1. The molecule has 0 aliphatic heterocycles. The maximum Gasteiger partial charge on any atom is 0.339 e. The maximum atomic E-state index is 13.5. The van der Waals surface area contributed by atoms with E-state index in [-0.39, 0.29) is 45.3 Å². The number of anilines is 4. The van der Waals surface area contributed by atoms with E-state index in [0.717, 1.165) is 11.6 Å². The molecular weight excluding hydrogens is 879 g/mol. The molecule has 0 bridgehead atoms. The Balaban J connectivity index is 1.23. The zero-order valence-corrected chi connectivity index (χ0v) is 37.3. The Labute approximate surface area is 389 Å². The molecular formula is C49H47N7O12. The number of hydrogen-bond acceptors (Lipinski definition) is 12. The number of carbonyl (C=O) groups is 7. The van der Waals surface area contributed by atoms with E-state index in [0.29, 0.717) is 16.8 Å². The van der Waals surface area contributed by atoms with Gasteiger partial charge in [0.05, 0.1) is 47.2 Å². The highest BCUT2D eigenvalue weighted by Crippen LogP contribution is 2.41. The first-order valence-corrected chi connectivity index (χ1v) is 20.8. The molecule has 0 saturated carbocycles. The summed E-state index contributed by atoms with van der Waals surface area (Å²) in [6, 6.07) is 23.4. The van der Waals surface area contributed by atoms with E-state index in [1.165, 1.54) is 66.7 Å². The van der Waals surface area contributed by atoms with Gasteiger partial charge in [-0.1, -0.05) is 12.1 Å². The predicted molar refractivity (Wildman–Crippen MR) is 251 cm³/mol. The Morgan fingerprint density at radius 2 is 1.13 bits per heavy atom. The molecule has 0 saturated heterocycles. The van der Waals surface area contributed by atoms with E-state index < -0.39 is 83.1 Å². The number of nitrogens with zero attached hydrogens (tertiary/aromatic N) is 1. The van der Waals surface area contributed by atoms with Crippen molar-refractivity contribution >= 4 is 70.2 Å². The third-order valence-electron chi connectivity index (χ3n) is 9.57. The molecule has 5 aromatic rings. The summed E-state index contributed by atoms with van der Waals surface area (Å²) in [6.45, 7) is 8.18. The average Bonchev–Trinajstić information content (AvgIpc) is 3.28. The molecule has 0 heterocycles. The monoisotopic (exact) mass is 925 g/mol. The topological polar surface area (TPSA) is 309 Å². The third kappa shape index (κ3) is 13.0. The summed E-state index contributed by atoms with van der Waals surface area (Å²) in [4.78, 5) is 89.7. The van der Waals surface area contributed by atoms with E-state index >= 15 is 0 Å². The molecule has 0 radical (unpaired) electrons. The van der Waals surface area contributed by atoms with Crippen molar-refractivity contribution < 1.29 is 58.4 Å². The molecule has 0 unspecified atom stereocenters. The van der Waals surface area contributed by atoms with Crippen molar-refractivity contribution in [2.24, 2.45) is 5.73 Å². The number of aromatic carboxylic acids is 1. The van der Waals surface area contributed by atoms with Crippen molar-refractivity contribution in [3.8, 4) is 29.1 Å². The van der Waals surface area contributed by atoms with Gasteiger partial charge in [-0.15, -0.1) is 0 Å². The smallest absolute Gasteiger partial charge is 0.339 e. The molecule has 68 heavy (non-hydrogen) atoms. The summed E-state index contributed by atoms with van der Waals surface area (Å²) in [5, 5.41) is 53.2. The van der Waals surface area contributed by atoms with E-state index in [2.05, 4.69) is 26.6 Å². The Bertz CT molecular complexity index is 2830. The Hall–Kier alpha value is -9.18. The van der Waals surface area contributed by atoms with Gasteiger partial charge in [0.15, 0.2) is 23.0 Å². The van der Waals surface area contributed by atoms with E-state index in [1.54, 1.807) is 65.0 Å². The van der Waals surface area contributed by atoms with Gasteiger partial charge >= 0.3 is 5.97 Å². The van der Waals surface area contributed by atoms with E-state index in [9.17, 15) is 48.9 Å². The van der Waals surface area contributed by atoms with Crippen molar-refractivity contribution in [2.75, 3.05) is 21.3 Å². The Morgan fingerprint density at radius 3 is 1.63 bits per heavy atom. The normalized spacial score (nSPS) is 11.4. The minimum Gasteiger partial charge on any atom is -0.504 e. The Morgan fingerprint density at radius 1 is 0.647 bits per heavy atom. The van der Waals surface area contributed by atoms with Gasteiger partial charge in [0.2, 0.25) is 11.8 Å². The molecule has 5 aromatic carbocycles. The number of nitriles is 1. The lowest BCUT2D eigenvalue weighted by molar-refractivity contribution is -0.123. The first-order chi connectivity index (χ1) is 32.2. The first kappa shape index (κ1) is 49.8. The van der Waals surface area contributed by atoms with Crippen LogP contribution in [-0.2, 0) is 14.4 Å². The molecule has 350 valence electrons. The third-order valence-corrected chi connectivity index (χ3v) is 9.57. The molecule has 0 spiro atoms. The first-order valence-electron chi connectivity index (χ1n) is 20.8. The minimum atomic E-state index is -1.43. The maximum absolute atomic E-state index is 13.5. The fourth-order valence-electron chi connectivity index (χ4n) is 6.28. The number of hydrogen-bond donors (Lipinski definition) is 9. The van der Waals surface area contributed by atoms with Crippen molar-refractivity contribution in [3.63, 3.8) is 0 Å².